The van der Waals surface area contributed by atoms with Crippen molar-refractivity contribution in [2.24, 2.45) is 0 Å². The number of rotatable bonds is 6. The third kappa shape index (κ3) is 3.91. The third-order valence-corrected chi connectivity index (χ3v) is 5.92. The summed E-state index contributed by atoms with van der Waals surface area (Å²) in [4.78, 5) is 12.1. The second-order valence-corrected chi connectivity index (χ2v) is 8.35. The van der Waals surface area contributed by atoms with Gasteiger partial charge in [-0.2, -0.15) is 5.10 Å². The molecule has 0 fully saturated rings. The van der Waals surface area contributed by atoms with Gasteiger partial charge in [-0.15, -0.1) is 0 Å². The first-order valence-electron chi connectivity index (χ1n) is 8.63. The lowest BCUT2D eigenvalue weighted by atomic mass is 9.90. The number of sulfonamides is 1. The summed E-state index contributed by atoms with van der Waals surface area (Å²) in [5.41, 5.74) is 3.54. The molecule has 0 saturated heterocycles. The number of nitrogens with one attached hydrogen (secondary N) is 2. The molecule has 28 heavy (non-hydrogen) atoms. The number of benzene rings is 2. The van der Waals surface area contributed by atoms with E-state index in [1.165, 1.54) is 18.2 Å². The number of aromatic amines is 1. The van der Waals surface area contributed by atoms with Crippen LogP contribution in [0.5, 0.6) is 0 Å². The van der Waals surface area contributed by atoms with E-state index in [9.17, 15) is 18.3 Å². The van der Waals surface area contributed by atoms with Crippen LogP contribution in [0.4, 0.5) is 5.69 Å². The van der Waals surface area contributed by atoms with Crippen LogP contribution in [0.15, 0.2) is 53.4 Å². The minimum Gasteiger partial charge on any atom is -0.481 e. The molecule has 0 spiro atoms. The van der Waals surface area contributed by atoms with Gasteiger partial charge in [0.1, 0.15) is 5.92 Å². The van der Waals surface area contributed by atoms with E-state index in [1.54, 1.807) is 44.2 Å². The second kappa shape index (κ2) is 7.47. The van der Waals surface area contributed by atoms with E-state index >= 15 is 0 Å². The lowest BCUT2D eigenvalue weighted by Crippen LogP contribution is -2.16. The number of carboxylic acid groups (broad SMARTS) is 1. The predicted molar refractivity (Wildman–Crippen MR) is 106 cm³/mol. The Balaban J connectivity index is 1.97. The standard InChI is InChI=1S/C20H21N3O4S/c1-12-7-9-17(10-8-12)28(26,27)23-16-6-4-5-15(11-16)19(20(24)25)18-13(2)21-22-14(18)3/h4-11,19,23H,1-3H3,(H,21,22)(H,24,25). The van der Waals surface area contributed by atoms with Gasteiger partial charge in [-0.05, 0) is 50.6 Å². The minimum atomic E-state index is -3.78. The molecule has 146 valence electrons. The molecular formula is C20H21N3O4S. The molecule has 2 aromatic carbocycles. The van der Waals surface area contributed by atoms with Crippen molar-refractivity contribution in [3.05, 3.63) is 76.6 Å². The first-order valence-corrected chi connectivity index (χ1v) is 10.1. The van der Waals surface area contributed by atoms with E-state index < -0.39 is 21.9 Å². The highest BCUT2D eigenvalue weighted by Crippen LogP contribution is 2.31. The van der Waals surface area contributed by atoms with E-state index in [0.29, 0.717) is 28.2 Å². The molecule has 1 unspecified atom stereocenters. The lowest BCUT2D eigenvalue weighted by Gasteiger charge is -2.15. The minimum absolute atomic E-state index is 0.139. The highest BCUT2D eigenvalue weighted by molar-refractivity contribution is 7.92. The van der Waals surface area contributed by atoms with Crippen molar-refractivity contribution in [1.29, 1.82) is 0 Å². The van der Waals surface area contributed by atoms with Gasteiger partial charge in [0.05, 0.1) is 10.6 Å². The number of nitrogens with zero attached hydrogens (tertiary/aromatic N) is 1. The van der Waals surface area contributed by atoms with Gasteiger partial charge in [0.2, 0.25) is 0 Å². The monoisotopic (exact) mass is 399 g/mol. The Morgan fingerprint density at radius 1 is 1.11 bits per heavy atom. The van der Waals surface area contributed by atoms with Gasteiger partial charge in [0.25, 0.3) is 10.0 Å². The van der Waals surface area contributed by atoms with Gasteiger partial charge in [-0.3, -0.25) is 14.6 Å². The Morgan fingerprint density at radius 2 is 1.79 bits per heavy atom. The average molecular weight is 399 g/mol. The molecular weight excluding hydrogens is 378 g/mol. The molecule has 3 N–H and O–H groups in total. The van der Waals surface area contributed by atoms with Crippen LogP contribution in [0.25, 0.3) is 0 Å². The molecule has 1 atom stereocenters. The van der Waals surface area contributed by atoms with Crippen LogP contribution in [0.1, 0.15) is 34.0 Å². The molecule has 0 aliphatic rings. The third-order valence-electron chi connectivity index (χ3n) is 4.52. The van der Waals surface area contributed by atoms with Crippen molar-refractivity contribution in [3.8, 4) is 0 Å². The van der Waals surface area contributed by atoms with Gasteiger partial charge in [-0.25, -0.2) is 8.42 Å². The molecule has 0 saturated carbocycles. The zero-order valence-corrected chi connectivity index (χ0v) is 16.5. The molecule has 3 rings (SSSR count). The highest BCUT2D eigenvalue weighted by atomic mass is 32.2. The van der Waals surface area contributed by atoms with E-state index in [0.717, 1.165) is 5.56 Å². The maximum absolute atomic E-state index is 12.6. The first kappa shape index (κ1) is 19.6. The summed E-state index contributed by atoms with van der Waals surface area (Å²) in [7, 11) is -3.78. The molecule has 8 heteroatoms. The van der Waals surface area contributed by atoms with E-state index in [-0.39, 0.29) is 4.90 Å². The molecule has 1 aromatic heterocycles. The number of carbonyl (C=O) groups is 1. The Hall–Kier alpha value is -3.13. The Morgan fingerprint density at radius 3 is 2.36 bits per heavy atom. The van der Waals surface area contributed by atoms with Gasteiger partial charge >= 0.3 is 5.97 Å². The number of hydrogen-bond acceptors (Lipinski definition) is 4. The summed E-state index contributed by atoms with van der Waals surface area (Å²) < 4.78 is 27.8. The Bertz CT molecular complexity index is 1100. The number of hydrogen-bond donors (Lipinski definition) is 3. The molecule has 0 aliphatic carbocycles. The van der Waals surface area contributed by atoms with Crippen molar-refractivity contribution in [2.75, 3.05) is 4.72 Å². The second-order valence-electron chi connectivity index (χ2n) is 6.66. The molecule has 7 nitrogen and oxygen atoms in total. The van der Waals surface area contributed by atoms with Crippen molar-refractivity contribution in [3.63, 3.8) is 0 Å². The smallest absolute Gasteiger partial charge is 0.315 e. The summed E-state index contributed by atoms with van der Waals surface area (Å²) >= 11 is 0. The molecule has 0 aliphatic heterocycles. The number of H-pyrrole nitrogens is 1. The SMILES string of the molecule is Cc1ccc(S(=O)(=O)Nc2cccc(C(C(=O)O)c3c(C)n[nH]c3C)c2)cc1. The maximum Gasteiger partial charge on any atom is 0.315 e. The summed E-state index contributed by atoms with van der Waals surface area (Å²) in [6.07, 6.45) is 0. The van der Waals surface area contributed by atoms with Crippen molar-refractivity contribution < 1.29 is 18.3 Å². The molecule has 0 radical (unpaired) electrons. The maximum atomic E-state index is 12.6. The quantitative estimate of drug-likeness (QED) is 0.588. The van der Waals surface area contributed by atoms with Crippen LogP contribution in [-0.4, -0.2) is 29.7 Å². The van der Waals surface area contributed by atoms with Gasteiger partial charge < -0.3 is 5.11 Å². The zero-order valence-electron chi connectivity index (χ0n) is 15.7. The normalized spacial score (nSPS) is 12.5. The number of carboxylic acids is 1. The fourth-order valence-corrected chi connectivity index (χ4v) is 4.18. The summed E-state index contributed by atoms with van der Waals surface area (Å²) in [6.45, 7) is 5.37. The summed E-state index contributed by atoms with van der Waals surface area (Å²) in [5.74, 6) is -1.99. The van der Waals surface area contributed by atoms with Crippen LogP contribution in [0.3, 0.4) is 0 Å². The molecule has 0 amide bonds. The van der Waals surface area contributed by atoms with Crippen LogP contribution in [-0.2, 0) is 14.8 Å². The van der Waals surface area contributed by atoms with Crippen molar-refractivity contribution in [1.82, 2.24) is 10.2 Å². The van der Waals surface area contributed by atoms with Crippen molar-refractivity contribution in [2.45, 2.75) is 31.6 Å². The number of anilines is 1. The Labute approximate surface area is 163 Å². The average Bonchev–Trinajstić information content (AvgIpc) is 2.94. The lowest BCUT2D eigenvalue weighted by molar-refractivity contribution is -0.137. The van der Waals surface area contributed by atoms with E-state index in [4.69, 9.17) is 0 Å². The molecule has 0 bridgehead atoms. The van der Waals surface area contributed by atoms with Gasteiger partial charge in [-0.1, -0.05) is 29.8 Å². The largest absolute Gasteiger partial charge is 0.481 e. The van der Waals surface area contributed by atoms with Gasteiger partial charge in [0, 0.05) is 16.9 Å². The summed E-state index contributed by atoms with van der Waals surface area (Å²) in [5, 5.41) is 16.7. The van der Waals surface area contributed by atoms with Crippen LogP contribution in [0, 0.1) is 20.8 Å². The number of aromatic nitrogens is 2. The van der Waals surface area contributed by atoms with E-state index in [2.05, 4.69) is 14.9 Å². The fourth-order valence-electron chi connectivity index (χ4n) is 3.13. The van der Waals surface area contributed by atoms with Gasteiger partial charge in [0.15, 0.2) is 0 Å². The van der Waals surface area contributed by atoms with Crippen molar-refractivity contribution >= 4 is 21.7 Å². The fraction of sp³-hybridized carbons (Fsp3) is 0.200. The molecule has 1 heterocycles. The van der Waals surface area contributed by atoms with Crippen LogP contribution in [0.2, 0.25) is 0 Å². The van der Waals surface area contributed by atoms with E-state index in [1.807, 2.05) is 6.92 Å². The Kier molecular flexibility index (Phi) is 5.24. The number of aliphatic carboxylic acids is 1. The zero-order chi connectivity index (χ0) is 20.5. The highest BCUT2D eigenvalue weighted by Gasteiger charge is 2.28. The molecule has 3 aromatic rings. The first-order chi connectivity index (χ1) is 13.2. The van der Waals surface area contributed by atoms with Crippen LogP contribution >= 0.6 is 0 Å². The topological polar surface area (TPSA) is 112 Å². The number of aryl methyl sites for hydroxylation is 3. The predicted octanol–water partition coefficient (Wildman–Crippen LogP) is 3.35. The summed E-state index contributed by atoms with van der Waals surface area (Å²) in [6, 6.07) is 12.9. The van der Waals surface area contributed by atoms with Crippen LogP contribution < -0.4 is 4.72 Å².